The molecule has 0 aliphatic heterocycles. The smallest absolute Gasteiger partial charge is 0.221 e. The van der Waals surface area contributed by atoms with Crippen LogP contribution in [0.15, 0.2) is 0 Å². The molecule has 0 spiro atoms. The van der Waals surface area contributed by atoms with E-state index in [2.05, 4.69) is 5.14 Å². The van der Waals surface area contributed by atoms with Crippen LogP contribution in [-0.4, -0.2) is 13.9 Å². The standard InChI is InChI=1S/CH2F3NO2S.Au/c2-1(3,4)8(5,6)7;/h(H2,5,6,7);. The fourth-order valence-electron chi connectivity index (χ4n) is 0. The van der Waals surface area contributed by atoms with Crippen LogP contribution >= 0.6 is 0 Å². The third-order valence-corrected chi connectivity index (χ3v) is 0.968. The van der Waals surface area contributed by atoms with Crippen molar-refractivity contribution in [1.82, 2.24) is 0 Å². The van der Waals surface area contributed by atoms with Crippen molar-refractivity contribution in [3.8, 4) is 0 Å². The van der Waals surface area contributed by atoms with Gasteiger partial charge in [0.1, 0.15) is 0 Å². The second-order valence-corrected chi connectivity index (χ2v) is 2.54. The van der Waals surface area contributed by atoms with Crippen molar-refractivity contribution < 1.29 is 44.0 Å². The van der Waals surface area contributed by atoms with Crippen LogP contribution in [0.3, 0.4) is 0 Å². The minimum Gasteiger partial charge on any atom is -0.221 e. The fourth-order valence-corrected chi connectivity index (χ4v) is 0. The maximum atomic E-state index is 10.8. The van der Waals surface area contributed by atoms with Gasteiger partial charge in [-0.1, -0.05) is 0 Å². The first-order valence-corrected chi connectivity index (χ1v) is 2.89. The van der Waals surface area contributed by atoms with Crippen molar-refractivity contribution in [2.75, 3.05) is 0 Å². The molecule has 0 atom stereocenters. The molecule has 0 bridgehead atoms. The van der Waals surface area contributed by atoms with E-state index in [1.807, 2.05) is 0 Å². The average Bonchev–Trinajstić information content (AvgIpc) is 1.25. The molecule has 0 fully saturated rings. The average molecular weight is 346 g/mol. The van der Waals surface area contributed by atoms with Crippen molar-refractivity contribution >= 4 is 10.0 Å². The summed E-state index contributed by atoms with van der Waals surface area (Å²) in [7, 11) is -5.34. The van der Waals surface area contributed by atoms with Gasteiger partial charge < -0.3 is 0 Å². The molecule has 0 saturated carbocycles. The summed E-state index contributed by atoms with van der Waals surface area (Å²) >= 11 is 0. The summed E-state index contributed by atoms with van der Waals surface area (Å²) in [5.41, 5.74) is -5.31. The molecule has 0 rings (SSSR count). The summed E-state index contributed by atoms with van der Waals surface area (Å²) in [5.74, 6) is 0. The number of nitrogens with two attached hydrogens (primary N) is 1. The first-order valence-electron chi connectivity index (χ1n) is 1.34. The van der Waals surface area contributed by atoms with E-state index in [-0.39, 0.29) is 22.4 Å². The Labute approximate surface area is 65.0 Å². The Kier molecular flexibility index (Phi) is 4.08. The van der Waals surface area contributed by atoms with E-state index in [9.17, 15) is 21.6 Å². The fraction of sp³-hybridized carbons (Fsp3) is 1.00. The maximum absolute atomic E-state index is 10.8. The third kappa shape index (κ3) is 3.93. The molecule has 0 aliphatic carbocycles. The monoisotopic (exact) mass is 346 g/mol. The Morgan fingerprint density at radius 2 is 1.33 bits per heavy atom. The zero-order valence-electron chi connectivity index (χ0n) is 3.74. The van der Waals surface area contributed by atoms with Crippen molar-refractivity contribution in [2.24, 2.45) is 5.14 Å². The molecule has 0 amide bonds. The summed E-state index contributed by atoms with van der Waals surface area (Å²) in [6.45, 7) is 0. The van der Waals surface area contributed by atoms with Crippen LogP contribution in [-0.2, 0) is 32.4 Å². The maximum Gasteiger partial charge on any atom is 0.511 e. The molecule has 0 heterocycles. The quantitative estimate of drug-likeness (QED) is 0.618. The van der Waals surface area contributed by atoms with Gasteiger partial charge in [0, 0.05) is 22.4 Å². The Hall–Kier alpha value is 0.440. The van der Waals surface area contributed by atoms with Crippen molar-refractivity contribution in [3.63, 3.8) is 0 Å². The number of alkyl halides is 3. The molecule has 8 heteroatoms. The van der Waals surface area contributed by atoms with Gasteiger partial charge in [0.25, 0.3) is 0 Å². The predicted octanol–water partition coefficient (Wildman–Crippen LogP) is -0.208. The van der Waals surface area contributed by atoms with Gasteiger partial charge in [-0.15, -0.1) is 0 Å². The van der Waals surface area contributed by atoms with Crippen LogP contribution in [0.25, 0.3) is 0 Å². The molecule has 0 saturated heterocycles. The molecule has 2 N–H and O–H groups in total. The number of halogens is 3. The van der Waals surface area contributed by atoms with Gasteiger partial charge in [-0.2, -0.15) is 13.2 Å². The first-order chi connectivity index (χ1) is 3.25. The number of rotatable bonds is 0. The second kappa shape index (κ2) is 3.02. The summed E-state index contributed by atoms with van der Waals surface area (Å²) in [6, 6.07) is 0. The Morgan fingerprint density at radius 1 is 1.22 bits per heavy atom. The molecule has 3 nitrogen and oxygen atoms in total. The van der Waals surface area contributed by atoms with E-state index in [0.29, 0.717) is 0 Å². The van der Waals surface area contributed by atoms with Crippen LogP contribution in [0.1, 0.15) is 0 Å². The predicted molar refractivity (Wildman–Crippen MR) is 19.2 cm³/mol. The SMILES string of the molecule is NS(=O)(=O)C(F)(F)F.[Au]. The molecular weight excluding hydrogens is 344 g/mol. The van der Waals surface area contributed by atoms with E-state index < -0.39 is 15.5 Å². The zero-order chi connectivity index (χ0) is 7.00. The molecule has 0 aromatic carbocycles. The van der Waals surface area contributed by atoms with Gasteiger partial charge in [-0.25, -0.2) is 13.6 Å². The summed E-state index contributed by atoms with van der Waals surface area (Å²) < 4.78 is 51.2. The Balaban J connectivity index is 0. The van der Waals surface area contributed by atoms with Crippen LogP contribution in [0.2, 0.25) is 0 Å². The number of hydrogen-bond acceptors (Lipinski definition) is 2. The van der Waals surface area contributed by atoms with Gasteiger partial charge >= 0.3 is 15.5 Å². The summed E-state index contributed by atoms with van der Waals surface area (Å²) in [5, 5.41) is 3.66. The van der Waals surface area contributed by atoms with Gasteiger partial charge in [0.2, 0.25) is 0 Å². The van der Waals surface area contributed by atoms with E-state index >= 15 is 0 Å². The molecule has 0 aliphatic rings. The number of hydrogen-bond donors (Lipinski definition) is 1. The number of primary sulfonamides is 1. The minimum atomic E-state index is -5.34. The summed E-state index contributed by atoms with van der Waals surface area (Å²) in [6.07, 6.45) is 0. The van der Waals surface area contributed by atoms with Gasteiger partial charge in [0.15, 0.2) is 0 Å². The van der Waals surface area contributed by atoms with Crippen LogP contribution in [0, 0.1) is 0 Å². The van der Waals surface area contributed by atoms with Gasteiger partial charge in [-0.3, -0.25) is 0 Å². The van der Waals surface area contributed by atoms with E-state index in [4.69, 9.17) is 0 Å². The normalized spacial score (nSPS) is 12.4. The molecule has 0 unspecified atom stereocenters. The van der Waals surface area contributed by atoms with Crippen LogP contribution in [0.4, 0.5) is 13.2 Å². The van der Waals surface area contributed by atoms with Crippen LogP contribution < -0.4 is 5.14 Å². The molecule has 9 heavy (non-hydrogen) atoms. The third-order valence-electron chi connectivity index (χ3n) is 0.323. The largest absolute Gasteiger partial charge is 0.511 e. The van der Waals surface area contributed by atoms with Crippen LogP contribution in [0.5, 0.6) is 0 Å². The van der Waals surface area contributed by atoms with Crippen molar-refractivity contribution in [2.45, 2.75) is 5.51 Å². The second-order valence-electron chi connectivity index (χ2n) is 0.991. The molecule has 0 aromatic rings. The van der Waals surface area contributed by atoms with Crippen molar-refractivity contribution in [3.05, 3.63) is 0 Å². The molecular formula is CH2AuF3NO2S. The topological polar surface area (TPSA) is 60.2 Å². The first kappa shape index (κ1) is 12.1. The van der Waals surface area contributed by atoms with E-state index in [1.165, 1.54) is 0 Å². The van der Waals surface area contributed by atoms with Crippen molar-refractivity contribution in [1.29, 1.82) is 0 Å². The Bertz CT molecular complexity index is 171. The van der Waals surface area contributed by atoms with Gasteiger partial charge in [0.05, 0.1) is 0 Å². The Morgan fingerprint density at radius 3 is 1.33 bits per heavy atom. The van der Waals surface area contributed by atoms with Gasteiger partial charge in [-0.05, 0) is 0 Å². The van der Waals surface area contributed by atoms with E-state index in [0.717, 1.165) is 0 Å². The zero-order valence-corrected chi connectivity index (χ0v) is 6.72. The number of sulfonamides is 1. The minimum absolute atomic E-state index is 0. The molecule has 0 aromatic heterocycles. The molecule has 1 radical (unpaired) electrons. The summed E-state index contributed by atoms with van der Waals surface area (Å²) in [4.78, 5) is 0. The molecule has 61 valence electrons. The van der Waals surface area contributed by atoms with E-state index in [1.54, 1.807) is 0 Å².